The van der Waals surface area contributed by atoms with Gasteiger partial charge in [0.15, 0.2) is 5.01 Å². The third kappa shape index (κ3) is 6.07. The normalized spacial score (nSPS) is 12.3. The number of amides is 1. The van der Waals surface area contributed by atoms with Crippen LogP contribution in [0.4, 0.5) is 37.7 Å². The minimum absolute atomic E-state index is 0.115. The highest BCUT2D eigenvalue weighted by Gasteiger charge is 2.46. The van der Waals surface area contributed by atoms with E-state index in [-0.39, 0.29) is 16.4 Å². The van der Waals surface area contributed by atoms with Gasteiger partial charge in [0.2, 0.25) is 0 Å². The average molecular weight is 527 g/mol. The van der Waals surface area contributed by atoms with Gasteiger partial charge in [0, 0.05) is 16.6 Å². The van der Waals surface area contributed by atoms with Crippen LogP contribution in [-0.4, -0.2) is 36.3 Å². The predicted octanol–water partition coefficient (Wildman–Crippen LogP) is 4.93. The monoisotopic (exact) mass is 527 g/mol. The first-order valence-electron chi connectivity index (χ1n) is 8.70. The van der Waals surface area contributed by atoms with Gasteiger partial charge in [-0.1, -0.05) is 0 Å². The molecule has 1 heterocycles. The highest BCUT2D eigenvalue weighted by Crippen LogP contribution is 2.32. The predicted molar refractivity (Wildman–Crippen MR) is 109 cm³/mol. The van der Waals surface area contributed by atoms with Crippen molar-refractivity contribution in [2.24, 2.45) is 0 Å². The van der Waals surface area contributed by atoms with Gasteiger partial charge in [0.25, 0.3) is 5.91 Å². The molecule has 0 radical (unpaired) electrons. The molecule has 3 N–H and O–H groups in total. The molecule has 0 atom stereocenters. The fraction of sp³-hybridized carbons (Fsp3) is 0.111. The SMILES string of the molecule is O=C(Nc1ccc(O)c(NS(=O)(=O)C(F)(F)F)c1)c1nc(-c2ccc(OC(F)(F)F)cc2)cs1. The van der Waals surface area contributed by atoms with Gasteiger partial charge in [-0.2, -0.15) is 21.6 Å². The van der Waals surface area contributed by atoms with E-state index in [2.05, 4.69) is 15.0 Å². The molecule has 1 amide bonds. The van der Waals surface area contributed by atoms with Gasteiger partial charge < -0.3 is 15.2 Å². The number of phenols is 1. The summed E-state index contributed by atoms with van der Waals surface area (Å²) in [6, 6.07) is 7.43. The maximum absolute atomic E-state index is 12.6. The number of anilines is 2. The van der Waals surface area contributed by atoms with Crippen molar-refractivity contribution in [2.45, 2.75) is 11.9 Å². The summed E-state index contributed by atoms with van der Waals surface area (Å²) in [7, 11) is -5.82. The third-order valence-electron chi connectivity index (χ3n) is 3.89. The zero-order valence-corrected chi connectivity index (χ0v) is 17.9. The number of alkyl halides is 6. The van der Waals surface area contributed by atoms with E-state index >= 15 is 0 Å². The fourth-order valence-corrected chi connectivity index (χ4v) is 3.71. The van der Waals surface area contributed by atoms with E-state index in [0.29, 0.717) is 5.56 Å². The first kappa shape index (κ1) is 25.1. The Hall–Kier alpha value is -3.53. The van der Waals surface area contributed by atoms with Gasteiger partial charge >= 0.3 is 21.9 Å². The fourth-order valence-electron chi connectivity index (χ4n) is 2.42. The van der Waals surface area contributed by atoms with Crippen molar-refractivity contribution in [3.8, 4) is 22.8 Å². The van der Waals surface area contributed by atoms with Crippen LogP contribution < -0.4 is 14.8 Å². The molecule has 1 aromatic heterocycles. The number of phenolic OH excluding ortho intramolecular Hbond substituents is 1. The number of nitrogens with zero attached hydrogens (tertiary/aromatic N) is 1. The lowest BCUT2D eigenvalue weighted by molar-refractivity contribution is -0.274. The molecule has 0 saturated heterocycles. The first-order valence-corrected chi connectivity index (χ1v) is 11.1. The number of sulfonamides is 1. The third-order valence-corrected chi connectivity index (χ3v) is 5.82. The molecule has 3 aromatic rings. The Morgan fingerprint density at radius 1 is 1.03 bits per heavy atom. The maximum atomic E-state index is 12.6. The van der Waals surface area contributed by atoms with Crippen LogP contribution in [0.25, 0.3) is 11.3 Å². The highest BCUT2D eigenvalue weighted by atomic mass is 32.2. The Labute approximate surface area is 190 Å². The van der Waals surface area contributed by atoms with Crippen molar-refractivity contribution < 1.29 is 49.4 Å². The first-order chi connectivity index (χ1) is 15.6. The number of hydrogen-bond acceptors (Lipinski definition) is 7. The van der Waals surface area contributed by atoms with Gasteiger partial charge in [-0.05, 0) is 42.5 Å². The second-order valence-electron chi connectivity index (χ2n) is 6.35. The quantitative estimate of drug-likeness (QED) is 0.238. The summed E-state index contributed by atoms with van der Waals surface area (Å²) < 4.78 is 102. The topological polar surface area (TPSA) is 118 Å². The molecular weight excluding hydrogens is 516 g/mol. The molecule has 0 bridgehead atoms. The zero-order chi connectivity index (χ0) is 25.3. The molecule has 34 heavy (non-hydrogen) atoms. The Balaban J connectivity index is 1.74. The molecule has 2 aromatic carbocycles. The molecule has 182 valence electrons. The molecule has 0 unspecified atom stereocenters. The molecule has 16 heteroatoms. The smallest absolute Gasteiger partial charge is 0.506 e. The Morgan fingerprint density at radius 3 is 2.26 bits per heavy atom. The van der Waals surface area contributed by atoms with Crippen LogP contribution in [0.3, 0.4) is 0 Å². The minimum Gasteiger partial charge on any atom is -0.506 e. The summed E-state index contributed by atoms with van der Waals surface area (Å²) in [6.45, 7) is 0. The molecule has 3 rings (SSSR count). The molecule has 0 aliphatic rings. The lowest BCUT2D eigenvalue weighted by Gasteiger charge is -2.13. The summed E-state index contributed by atoms with van der Waals surface area (Å²) in [5, 5.41) is 13.2. The molecule has 0 saturated carbocycles. The van der Waals surface area contributed by atoms with E-state index in [1.165, 1.54) is 22.2 Å². The molecule has 0 fully saturated rings. The number of benzene rings is 2. The Kier molecular flexibility index (Phi) is 6.66. The number of aromatic hydroxyl groups is 1. The summed E-state index contributed by atoms with van der Waals surface area (Å²) in [5.74, 6) is -2.09. The van der Waals surface area contributed by atoms with Gasteiger partial charge in [-0.3, -0.25) is 9.52 Å². The second kappa shape index (κ2) is 9.02. The number of aromatic nitrogens is 1. The van der Waals surface area contributed by atoms with Gasteiger partial charge in [0.1, 0.15) is 11.5 Å². The number of carbonyl (C=O) groups excluding carboxylic acids is 1. The van der Waals surface area contributed by atoms with E-state index in [1.807, 2.05) is 0 Å². The van der Waals surface area contributed by atoms with E-state index in [0.717, 1.165) is 41.7 Å². The van der Waals surface area contributed by atoms with Crippen LogP contribution in [0.5, 0.6) is 11.5 Å². The lowest BCUT2D eigenvalue weighted by Crippen LogP contribution is -2.30. The van der Waals surface area contributed by atoms with E-state index in [9.17, 15) is 44.7 Å². The highest BCUT2D eigenvalue weighted by molar-refractivity contribution is 7.93. The second-order valence-corrected chi connectivity index (χ2v) is 8.88. The summed E-state index contributed by atoms with van der Waals surface area (Å²) in [4.78, 5) is 16.5. The van der Waals surface area contributed by atoms with E-state index < -0.39 is 45.0 Å². The molecule has 0 aliphatic carbocycles. The zero-order valence-electron chi connectivity index (χ0n) is 16.2. The van der Waals surface area contributed by atoms with E-state index in [1.54, 1.807) is 0 Å². The minimum atomic E-state index is -5.82. The Bertz CT molecular complexity index is 1300. The molecule has 8 nitrogen and oxygen atoms in total. The molecule has 0 spiro atoms. The number of hydrogen-bond donors (Lipinski definition) is 3. The largest absolute Gasteiger partial charge is 0.573 e. The van der Waals surface area contributed by atoms with Crippen molar-refractivity contribution >= 4 is 38.6 Å². The van der Waals surface area contributed by atoms with Crippen molar-refractivity contribution in [3.05, 3.63) is 52.9 Å². The molecular formula is C18H11F6N3O5S2. The van der Waals surface area contributed by atoms with Crippen molar-refractivity contribution in [1.82, 2.24) is 4.98 Å². The van der Waals surface area contributed by atoms with Crippen molar-refractivity contribution in [2.75, 3.05) is 10.0 Å². The summed E-state index contributed by atoms with van der Waals surface area (Å²) >= 11 is 0.863. The van der Waals surface area contributed by atoms with Crippen LogP contribution >= 0.6 is 11.3 Å². The van der Waals surface area contributed by atoms with Crippen LogP contribution in [0.1, 0.15) is 9.80 Å². The number of carbonyl (C=O) groups is 1. The molecule has 0 aliphatic heterocycles. The number of rotatable bonds is 6. The van der Waals surface area contributed by atoms with Crippen molar-refractivity contribution in [3.63, 3.8) is 0 Å². The van der Waals surface area contributed by atoms with Crippen molar-refractivity contribution in [1.29, 1.82) is 0 Å². The van der Waals surface area contributed by atoms with Crippen LogP contribution in [0.2, 0.25) is 0 Å². The van der Waals surface area contributed by atoms with Crippen LogP contribution in [0, 0.1) is 0 Å². The lowest BCUT2D eigenvalue weighted by atomic mass is 10.2. The van der Waals surface area contributed by atoms with Crippen LogP contribution in [-0.2, 0) is 10.0 Å². The average Bonchev–Trinajstić information content (AvgIpc) is 3.19. The number of halogens is 6. The number of nitrogens with one attached hydrogen (secondary N) is 2. The van der Waals surface area contributed by atoms with Crippen LogP contribution in [0.15, 0.2) is 47.8 Å². The summed E-state index contributed by atoms with van der Waals surface area (Å²) in [5.41, 5.74) is -5.99. The number of ether oxygens (including phenoxy) is 1. The van der Waals surface area contributed by atoms with Gasteiger partial charge in [0.05, 0.1) is 11.4 Å². The maximum Gasteiger partial charge on any atom is 0.573 e. The standard InChI is InChI=1S/C18H11F6N3O5S2/c19-17(20,21)32-11-4-1-9(2-5-11)13-8-33-16(26-13)15(29)25-10-3-6-14(28)12(7-10)27-34(30,31)18(22,23)24/h1-8,27-28H,(H,25,29). The van der Waals surface area contributed by atoms with Gasteiger partial charge in [-0.25, -0.2) is 4.98 Å². The number of thiazole rings is 1. The van der Waals surface area contributed by atoms with E-state index in [4.69, 9.17) is 0 Å². The van der Waals surface area contributed by atoms with Gasteiger partial charge in [-0.15, -0.1) is 24.5 Å². The Morgan fingerprint density at radius 2 is 1.68 bits per heavy atom. The summed E-state index contributed by atoms with van der Waals surface area (Å²) in [6.07, 6.45) is -4.85.